The van der Waals surface area contributed by atoms with Gasteiger partial charge in [0, 0.05) is 10.9 Å². The molecule has 3 rings (SSSR count). The van der Waals surface area contributed by atoms with E-state index in [1.54, 1.807) is 6.92 Å². The SMILES string of the molecule is CCOC(=O)Cc1c2c3c(cc(O)c(O)c3oc1=O)C(=O)OC2. The molecule has 2 N–H and O–H groups in total. The third-order valence-electron chi connectivity index (χ3n) is 3.54. The quantitative estimate of drug-likeness (QED) is 0.487. The van der Waals surface area contributed by atoms with Crippen molar-refractivity contribution in [3.63, 3.8) is 0 Å². The molecule has 0 spiro atoms. The average Bonchev–Trinajstić information content (AvgIpc) is 2.50. The first-order chi connectivity index (χ1) is 10.9. The largest absolute Gasteiger partial charge is 0.504 e. The van der Waals surface area contributed by atoms with E-state index < -0.39 is 29.1 Å². The first-order valence-electron chi connectivity index (χ1n) is 6.80. The van der Waals surface area contributed by atoms with Gasteiger partial charge in [-0.3, -0.25) is 4.79 Å². The molecule has 0 unspecified atom stereocenters. The second-order valence-electron chi connectivity index (χ2n) is 4.90. The number of hydrogen-bond acceptors (Lipinski definition) is 8. The van der Waals surface area contributed by atoms with E-state index >= 15 is 0 Å². The number of carbonyl (C=O) groups is 2. The summed E-state index contributed by atoms with van der Waals surface area (Å²) in [4.78, 5) is 35.6. The molecule has 0 aliphatic carbocycles. The molecule has 0 bridgehead atoms. The average molecular weight is 320 g/mol. The lowest BCUT2D eigenvalue weighted by Gasteiger charge is -2.19. The van der Waals surface area contributed by atoms with Crippen molar-refractivity contribution in [1.29, 1.82) is 0 Å². The summed E-state index contributed by atoms with van der Waals surface area (Å²) in [7, 11) is 0. The zero-order valence-electron chi connectivity index (χ0n) is 12.0. The van der Waals surface area contributed by atoms with E-state index in [4.69, 9.17) is 13.9 Å². The Morgan fingerprint density at radius 2 is 2.09 bits per heavy atom. The van der Waals surface area contributed by atoms with Crippen LogP contribution < -0.4 is 5.63 Å². The molecule has 1 aromatic heterocycles. The molecule has 0 atom stereocenters. The topological polar surface area (TPSA) is 123 Å². The van der Waals surface area contributed by atoms with Crippen LogP contribution in [0.1, 0.15) is 28.4 Å². The Balaban J connectivity index is 2.32. The summed E-state index contributed by atoms with van der Waals surface area (Å²) >= 11 is 0. The summed E-state index contributed by atoms with van der Waals surface area (Å²) < 4.78 is 14.8. The van der Waals surface area contributed by atoms with E-state index in [0.717, 1.165) is 6.07 Å². The van der Waals surface area contributed by atoms with E-state index in [1.165, 1.54) is 0 Å². The molecule has 0 amide bonds. The number of phenolic OH excluding ortho intramolecular Hbond substituents is 2. The summed E-state index contributed by atoms with van der Waals surface area (Å²) in [5.74, 6) is -2.62. The van der Waals surface area contributed by atoms with Crippen molar-refractivity contribution in [2.45, 2.75) is 20.0 Å². The van der Waals surface area contributed by atoms with Gasteiger partial charge >= 0.3 is 17.6 Å². The molecule has 8 nitrogen and oxygen atoms in total. The molecule has 120 valence electrons. The highest BCUT2D eigenvalue weighted by molar-refractivity contribution is 6.08. The zero-order valence-corrected chi connectivity index (χ0v) is 12.0. The fourth-order valence-corrected chi connectivity index (χ4v) is 2.53. The highest BCUT2D eigenvalue weighted by Gasteiger charge is 2.30. The molecule has 0 saturated heterocycles. The van der Waals surface area contributed by atoms with Gasteiger partial charge in [0.05, 0.1) is 24.2 Å². The summed E-state index contributed by atoms with van der Waals surface area (Å²) in [5.41, 5.74) is -0.982. The molecule has 23 heavy (non-hydrogen) atoms. The number of esters is 2. The van der Waals surface area contributed by atoms with Gasteiger partial charge in [-0.25, -0.2) is 9.59 Å². The summed E-state index contributed by atoms with van der Waals surface area (Å²) in [5, 5.41) is 19.7. The van der Waals surface area contributed by atoms with Crippen LogP contribution in [0.5, 0.6) is 11.5 Å². The Bertz CT molecular complexity index is 893. The van der Waals surface area contributed by atoms with Gasteiger partial charge in [-0.2, -0.15) is 0 Å². The minimum Gasteiger partial charge on any atom is -0.504 e. The molecule has 1 aliphatic rings. The number of rotatable bonds is 3. The molecule has 0 saturated carbocycles. The molecule has 8 heteroatoms. The summed E-state index contributed by atoms with van der Waals surface area (Å²) in [6, 6.07) is 1.02. The molecular formula is C15H12O8. The van der Waals surface area contributed by atoms with E-state index in [1.807, 2.05) is 0 Å². The summed E-state index contributed by atoms with van der Waals surface area (Å²) in [6.45, 7) is 1.54. The Kier molecular flexibility index (Phi) is 3.44. The van der Waals surface area contributed by atoms with E-state index in [9.17, 15) is 24.6 Å². The Morgan fingerprint density at radius 3 is 2.78 bits per heavy atom. The maximum atomic E-state index is 12.1. The van der Waals surface area contributed by atoms with Crippen LogP contribution in [0, 0.1) is 0 Å². The van der Waals surface area contributed by atoms with E-state index in [0.29, 0.717) is 0 Å². The van der Waals surface area contributed by atoms with Crippen LogP contribution >= 0.6 is 0 Å². The normalized spacial score (nSPS) is 13.0. The van der Waals surface area contributed by atoms with Crippen LogP contribution in [0.3, 0.4) is 0 Å². The van der Waals surface area contributed by atoms with Gasteiger partial charge < -0.3 is 24.1 Å². The first-order valence-corrected chi connectivity index (χ1v) is 6.80. The van der Waals surface area contributed by atoms with Crippen molar-refractivity contribution in [2.75, 3.05) is 6.61 Å². The smallest absolute Gasteiger partial charge is 0.340 e. The monoisotopic (exact) mass is 320 g/mol. The molecule has 0 fully saturated rings. The Labute approximate surface area is 128 Å². The predicted molar refractivity (Wildman–Crippen MR) is 75.3 cm³/mol. The standard InChI is InChI=1S/C15H12O8/c1-2-21-10(17)4-6-8-5-22-14(19)7-3-9(16)12(18)13(11(7)8)23-15(6)20/h3,16,18H,2,4-5H2,1H3. The van der Waals surface area contributed by atoms with Crippen molar-refractivity contribution >= 4 is 22.9 Å². The number of carbonyl (C=O) groups excluding carboxylic acids is 2. The van der Waals surface area contributed by atoms with Crippen LogP contribution in [-0.2, 0) is 27.3 Å². The van der Waals surface area contributed by atoms with Crippen LogP contribution in [0.25, 0.3) is 11.0 Å². The van der Waals surface area contributed by atoms with Crippen LogP contribution in [0.15, 0.2) is 15.3 Å². The number of aromatic hydroxyl groups is 2. The van der Waals surface area contributed by atoms with E-state index in [-0.39, 0.29) is 47.3 Å². The Hall–Kier alpha value is -3.03. The fraction of sp³-hybridized carbons (Fsp3) is 0.267. The maximum absolute atomic E-state index is 12.1. The van der Waals surface area contributed by atoms with Gasteiger partial charge in [-0.15, -0.1) is 0 Å². The highest BCUT2D eigenvalue weighted by atomic mass is 16.5. The second kappa shape index (κ2) is 5.31. The van der Waals surface area contributed by atoms with Gasteiger partial charge in [-0.1, -0.05) is 0 Å². The molecule has 1 aliphatic heterocycles. The molecule has 1 aromatic carbocycles. The number of phenols is 2. The number of hydrogen-bond donors (Lipinski definition) is 2. The highest BCUT2D eigenvalue weighted by Crippen LogP contribution is 2.40. The van der Waals surface area contributed by atoms with Crippen molar-refractivity contribution in [3.05, 3.63) is 33.2 Å². The zero-order chi connectivity index (χ0) is 16.7. The lowest BCUT2D eigenvalue weighted by atomic mass is 9.96. The van der Waals surface area contributed by atoms with Crippen LogP contribution in [0.4, 0.5) is 0 Å². The fourth-order valence-electron chi connectivity index (χ4n) is 2.53. The number of cyclic esters (lactones) is 1. The second-order valence-corrected chi connectivity index (χ2v) is 4.90. The third-order valence-corrected chi connectivity index (χ3v) is 3.54. The third kappa shape index (κ3) is 2.28. The molecular weight excluding hydrogens is 308 g/mol. The lowest BCUT2D eigenvalue weighted by molar-refractivity contribution is -0.142. The minimum absolute atomic E-state index is 0.00482. The van der Waals surface area contributed by atoms with Gasteiger partial charge in [0.15, 0.2) is 11.3 Å². The van der Waals surface area contributed by atoms with Gasteiger partial charge in [-0.05, 0) is 13.0 Å². The van der Waals surface area contributed by atoms with Crippen molar-refractivity contribution < 1.29 is 33.7 Å². The lowest BCUT2D eigenvalue weighted by Crippen LogP contribution is -2.22. The van der Waals surface area contributed by atoms with Gasteiger partial charge in [0.25, 0.3) is 0 Å². The first kappa shape index (κ1) is 14.9. The van der Waals surface area contributed by atoms with Crippen molar-refractivity contribution in [1.82, 2.24) is 0 Å². The molecule has 2 aromatic rings. The molecule has 2 heterocycles. The number of ether oxygens (including phenoxy) is 2. The number of benzene rings is 1. The van der Waals surface area contributed by atoms with Crippen LogP contribution in [0.2, 0.25) is 0 Å². The van der Waals surface area contributed by atoms with Crippen molar-refractivity contribution in [3.8, 4) is 11.5 Å². The van der Waals surface area contributed by atoms with Crippen molar-refractivity contribution in [2.24, 2.45) is 0 Å². The maximum Gasteiger partial charge on any atom is 0.340 e. The van der Waals surface area contributed by atoms with Gasteiger partial charge in [0.1, 0.15) is 6.61 Å². The van der Waals surface area contributed by atoms with Gasteiger partial charge in [0.2, 0.25) is 5.75 Å². The predicted octanol–water partition coefficient (Wildman–Crippen LogP) is 0.980. The summed E-state index contributed by atoms with van der Waals surface area (Å²) in [6.07, 6.45) is -0.347. The van der Waals surface area contributed by atoms with Crippen LogP contribution in [-0.4, -0.2) is 28.8 Å². The molecule has 0 radical (unpaired) electrons. The Morgan fingerprint density at radius 1 is 1.35 bits per heavy atom. The van der Waals surface area contributed by atoms with E-state index in [2.05, 4.69) is 0 Å². The minimum atomic E-state index is -0.870.